The van der Waals surface area contributed by atoms with Gasteiger partial charge in [0.2, 0.25) is 5.91 Å². The van der Waals surface area contributed by atoms with Gasteiger partial charge in [-0.1, -0.05) is 0 Å². The van der Waals surface area contributed by atoms with E-state index >= 15 is 0 Å². The Kier molecular flexibility index (Phi) is 10.3. The number of thiocarbonyl (C=S) groups is 1. The summed E-state index contributed by atoms with van der Waals surface area (Å²) in [6, 6.07) is 20.2. The van der Waals surface area contributed by atoms with Crippen LogP contribution in [0.5, 0.6) is 11.5 Å². The first-order valence-electron chi connectivity index (χ1n) is 14.9. The molecular weight excluding hydrogens is 581 g/mol. The Balaban J connectivity index is 1.23. The number of hydrogen-bond acceptors (Lipinski definition) is 7. The molecule has 0 aliphatic carbocycles. The summed E-state index contributed by atoms with van der Waals surface area (Å²) in [5.41, 5.74) is 2.29. The van der Waals surface area contributed by atoms with Crippen LogP contribution >= 0.6 is 12.2 Å². The fourth-order valence-corrected chi connectivity index (χ4v) is 6.01. The lowest BCUT2D eigenvalue weighted by Gasteiger charge is -2.36. The van der Waals surface area contributed by atoms with E-state index in [9.17, 15) is 14.0 Å². The fourth-order valence-electron chi connectivity index (χ4n) is 5.59. The number of halogens is 1. The molecule has 5 rings (SSSR count). The second-order valence-corrected chi connectivity index (χ2v) is 11.1. The Labute approximate surface area is 263 Å². The molecule has 1 atom stereocenters. The molecule has 9 nitrogen and oxygen atoms in total. The van der Waals surface area contributed by atoms with Crippen molar-refractivity contribution in [1.82, 2.24) is 9.80 Å². The Morgan fingerprint density at radius 2 is 1.55 bits per heavy atom. The number of amides is 2. The summed E-state index contributed by atoms with van der Waals surface area (Å²) in [7, 11) is 1.58. The SMILES string of the molecule is CCOc1ccc(N2C(=O)C(CC(=O)Nc3ccc(OC)cc3)N(CCCN3CCN(c4ccc(F)cc4)CC3)C2=S)cc1. The van der Waals surface area contributed by atoms with Gasteiger partial charge in [-0.05, 0) is 105 Å². The number of hydrogen-bond donors (Lipinski definition) is 1. The van der Waals surface area contributed by atoms with Crippen molar-refractivity contribution in [3.8, 4) is 11.5 Å². The lowest BCUT2D eigenvalue weighted by atomic mass is 10.1. The highest BCUT2D eigenvalue weighted by Crippen LogP contribution is 2.29. The number of carbonyl (C=O) groups excluding carboxylic acids is 2. The van der Waals surface area contributed by atoms with E-state index < -0.39 is 6.04 Å². The Hall–Kier alpha value is -4.22. The fraction of sp³-hybridized carbons (Fsp3) is 0.364. The number of carbonyl (C=O) groups is 2. The molecule has 0 bridgehead atoms. The van der Waals surface area contributed by atoms with E-state index in [0.717, 1.165) is 44.8 Å². The quantitative estimate of drug-likeness (QED) is 0.291. The Morgan fingerprint density at radius 1 is 0.909 bits per heavy atom. The zero-order valence-corrected chi connectivity index (χ0v) is 25.9. The van der Waals surface area contributed by atoms with E-state index in [-0.39, 0.29) is 24.1 Å². The summed E-state index contributed by atoms with van der Waals surface area (Å²) >= 11 is 5.85. The Morgan fingerprint density at radius 3 is 2.18 bits per heavy atom. The summed E-state index contributed by atoms with van der Waals surface area (Å²) < 4.78 is 24.1. The predicted molar refractivity (Wildman–Crippen MR) is 174 cm³/mol. The number of benzene rings is 3. The van der Waals surface area contributed by atoms with Crippen molar-refractivity contribution in [2.24, 2.45) is 0 Å². The van der Waals surface area contributed by atoms with Crippen LogP contribution in [0.25, 0.3) is 0 Å². The third kappa shape index (κ3) is 7.46. The van der Waals surface area contributed by atoms with Gasteiger partial charge in [0.05, 0.1) is 25.8 Å². The van der Waals surface area contributed by atoms with Gasteiger partial charge >= 0.3 is 0 Å². The van der Waals surface area contributed by atoms with Crippen molar-refractivity contribution in [3.05, 3.63) is 78.6 Å². The Bertz CT molecular complexity index is 1430. The zero-order valence-electron chi connectivity index (χ0n) is 25.1. The van der Waals surface area contributed by atoms with Gasteiger partial charge in [0.1, 0.15) is 23.4 Å². The molecular formula is C33H38FN5O4S. The first-order chi connectivity index (χ1) is 21.4. The normalized spacial score (nSPS) is 17.2. The van der Waals surface area contributed by atoms with Crippen LogP contribution in [0.15, 0.2) is 72.8 Å². The monoisotopic (exact) mass is 619 g/mol. The third-order valence-corrected chi connectivity index (χ3v) is 8.33. The van der Waals surface area contributed by atoms with Crippen molar-refractivity contribution in [3.63, 3.8) is 0 Å². The van der Waals surface area contributed by atoms with E-state index in [0.29, 0.717) is 41.1 Å². The maximum absolute atomic E-state index is 13.8. The average molecular weight is 620 g/mol. The maximum atomic E-state index is 13.8. The number of nitrogens with one attached hydrogen (secondary N) is 1. The number of methoxy groups -OCH3 is 1. The molecule has 2 aliphatic heterocycles. The molecule has 2 aliphatic rings. The summed E-state index contributed by atoms with van der Waals surface area (Å²) in [5, 5.41) is 3.29. The van der Waals surface area contributed by atoms with Crippen molar-refractivity contribution in [2.75, 3.05) is 68.1 Å². The largest absolute Gasteiger partial charge is 0.497 e. The molecule has 44 heavy (non-hydrogen) atoms. The van der Waals surface area contributed by atoms with Crippen LogP contribution in [0, 0.1) is 5.82 Å². The van der Waals surface area contributed by atoms with Gasteiger partial charge in [-0.3, -0.25) is 19.4 Å². The van der Waals surface area contributed by atoms with E-state index in [4.69, 9.17) is 21.7 Å². The standard InChI is InChI=1S/C33H38FN5O4S/c1-3-43-29-15-11-27(12-16-29)39-32(41)30(23-31(40)35-25-7-13-28(42-2)14-8-25)38(33(39)44)18-4-17-36-19-21-37(22-20-36)26-9-5-24(34)6-10-26/h5-16,30H,3-4,17-23H2,1-2H3,(H,35,40). The van der Waals surface area contributed by atoms with Gasteiger partial charge in [0.25, 0.3) is 5.91 Å². The van der Waals surface area contributed by atoms with Crippen LogP contribution in [-0.2, 0) is 9.59 Å². The van der Waals surface area contributed by atoms with Gasteiger partial charge in [0, 0.05) is 44.1 Å². The minimum Gasteiger partial charge on any atom is -0.497 e. The number of anilines is 3. The molecule has 2 heterocycles. The minimum atomic E-state index is -0.720. The second-order valence-electron chi connectivity index (χ2n) is 10.7. The van der Waals surface area contributed by atoms with E-state index in [1.165, 1.54) is 17.0 Å². The predicted octanol–water partition coefficient (Wildman–Crippen LogP) is 4.78. The molecule has 0 aromatic heterocycles. The highest BCUT2D eigenvalue weighted by atomic mass is 32.1. The lowest BCUT2D eigenvalue weighted by Crippen LogP contribution is -2.47. The molecule has 0 saturated carbocycles. The molecule has 0 radical (unpaired) electrons. The summed E-state index contributed by atoms with van der Waals surface area (Å²) in [4.78, 5) is 35.0. The first-order valence-corrected chi connectivity index (χ1v) is 15.3. The molecule has 3 aromatic rings. The van der Waals surface area contributed by atoms with Gasteiger partial charge in [-0.15, -0.1) is 0 Å². The van der Waals surface area contributed by atoms with Crippen LogP contribution < -0.4 is 24.6 Å². The van der Waals surface area contributed by atoms with Crippen LogP contribution in [-0.4, -0.2) is 85.8 Å². The third-order valence-electron chi connectivity index (χ3n) is 7.91. The smallest absolute Gasteiger partial charge is 0.256 e. The van der Waals surface area contributed by atoms with E-state index in [1.807, 2.05) is 48.2 Å². The number of ether oxygens (including phenoxy) is 2. The van der Waals surface area contributed by atoms with Crippen molar-refractivity contribution >= 4 is 46.2 Å². The molecule has 232 valence electrons. The number of piperazine rings is 1. The van der Waals surface area contributed by atoms with Gasteiger partial charge < -0.3 is 24.6 Å². The summed E-state index contributed by atoms with van der Waals surface area (Å²) in [5.74, 6) is 0.668. The number of nitrogens with zero attached hydrogens (tertiary/aromatic N) is 4. The molecule has 2 amide bonds. The topological polar surface area (TPSA) is 77.6 Å². The highest BCUT2D eigenvalue weighted by molar-refractivity contribution is 7.80. The maximum Gasteiger partial charge on any atom is 0.256 e. The second kappa shape index (κ2) is 14.5. The van der Waals surface area contributed by atoms with Gasteiger partial charge in [-0.2, -0.15) is 0 Å². The first kappa shape index (κ1) is 31.2. The highest BCUT2D eigenvalue weighted by Gasteiger charge is 2.44. The van der Waals surface area contributed by atoms with Gasteiger partial charge in [-0.25, -0.2) is 4.39 Å². The molecule has 3 aromatic carbocycles. The van der Waals surface area contributed by atoms with E-state index in [2.05, 4.69) is 15.1 Å². The van der Waals surface area contributed by atoms with Crippen molar-refractivity contribution < 1.29 is 23.5 Å². The van der Waals surface area contributed by atoms with Crippen molar-refractivity contribution in [2.45, 2.75) is 25.8 Å². The molecule has 1 N–H and O–H groups in total. The average Bonchev–Trinajstić information content (AvgIpc) is 3.26. The summed E-state index contributed by atoms with van der Waals surface area (Å²) in [6.07, 6.45) is 0.743. The molecule has 2 saturated heterocycles. The molecule has 0 spiro atoms. The van der Waals surface area contributed by atoms with Crippen LogP contribution in [0.1, 0.15) is 19.8 Å². The minimum absolute atomic E-state index is 0.0329. The van der Waals surface area contributed by atoms with Crippen LogP contribution in [0.2, 0.25) is 0 Å². The number of rotatable bonds is 12. The molecule has 11 heteroatoms. The van der Waals surface area contributed by atoms with E-state index in [1.54, 1.807) is 31.4 Å². The summed E-state index contributed by atoms with van der Waals surface area (Å²) in [6.45, 7) is 7.30. The zero-order chi connectivity index (χ0) is 31.1. The van der Waals surface area contributed by atoms with Crippen molar-refractivity contribution in [1.29, 1.82) is 0 Å². The van der Waals surface area contributed by atoms with Crippen LogP contribution in [0.4, 0.5) is 21.5 Å². The lowest BCUT2D eigenvalue weighted by molar-refractivity contribution is -0.124. The molecule has 1 unspecified atom stereocenters. The van der Waals surface area contributed by atoms with Gasteiger partial charge in [0.15, 0.2) is 5.11 Å². The van der Waals surface area contributed by atoms with Crippen LogP contribution in [0.3, 0.4) is 0 Å². The molecule has 2 fully saturated rings.